The summed E-state index contributed by atoms with van der Waals surface area (Å²) in [7, 11) is 2.96. The fraction of sp³-hybridized carbons (Fsp3) is 0.250. The molecule has 0 atom stereocenters. The summed E-state index contributed by atoms with van der Waals surface area (Å²) in [5.74, 6) is -1.19. The van der Waals surface area contributed by atoms with Gasteiger partial charge in [-0.2, -0.15) is 5.10 Å². The Morgan fingerprint density at radius 1 is 1.00 bits per heavy atom. The molecular formula is C20H22N2O7. The maximum Gasteiger partial charge on any atom is 0.324 e. The van der Waals surface area contributed by atoms with Gasteiger partial charge in [0.05, 0.1) is 20.4 Å². The van der Waals surface area contributed by atoms with Crippen molar-refractivity contribution in [2.24, 2.45) is 5.10 Å². The van der Waals surface area contributed by atoms with E-state index in [9.17, 15) is 9.59 Å². The Morgan fingerprint density at radius 3 is 2.03 bits per heavy atom. The molecule has 0 saturated heterocycles. The Balaban J connectivity index is 2.25. The molecule has 0 aromatic heterocycles. The van der Waals surface area contributed by atoms with Crippen molar-refractivity contribution < 1.29 is 34.0 Å². The van der Waals surface area contributed by atoms with E-state index in [2.05, 4.69) is 5.10 Å². The molecule has 0 aliphatic heterocycles. The van der Waals surface area contributed by atoms with Gasteiger partial charge in [-0.05, 0) is 17.7 Å². The first kappa shape index (κ1) is 21.5. The standard InChI is InChI=1S/C20H22N2O7/c1-27-16-8-15(10-21-22(11-18(23)24)12-19(25)26)9-17(28-2)20(16)29-13-14-6-4-3-5-7-14/h3-10H,11-13H2,1-2H3,(H,23,24)(H,25,26)/b21-10-. The molecule has 9 heteroatoms. The van der Waals surface area contributed by atoms with E-state index in [0.29, 0.717) is 29.4 Å². The van der Waals surface area contributed by atoms with E-state index in [-0.39, 0.29) is 0 Å². The molecule has 0 bridgehead atoms. The summed E-state index contributed by atoms with van der Waals surface area (Å²) in [6.07, 6.45) is 1.33. The van der Waals surface area contributed by atoms with Crippen molar-refractivity contribution in [1.82, 2.24) is 5.01 Å². The molecule has 2 rings (SSSR count). The maximum atomic E-state index is 10.9. The Labute approximate surface area is 167 Å². The molecule has 2 aromatic rings. The highest BCUT2D eigenvalue weighted by Crippen LogP contribution is 2.38. The van der Waals surface area contributed by atoms with E-state index in [0.717, 1.165) is 10.6 Å². The first-order chi connectivity index (χ1) is 13.9. The average molecular weight is 402 g/mol. The van der Waals surface area contributed by atoms with Crippen LogP contribution in [0.15, 0.2) is 47.6 Å². The van der Waals surface area contributed by atoms with Crippen LogP contribution in [0.2, 0.25) is 0 Å². The van der Waals surface area contributed by atoms with Crippen molar-refractivity contribution in [2.45, 2.75) is 6.61 Å². The molecule has 154 valence electrons. The number of carboxylic acids is 2. The van der Waals surface area contributed by atoms with Gasteiger partial charge in [0.1, 0.15) is 19.7 Å². The monoisotopic (exact) mass is 402 g/mol. The van der Waals surface area contributed by atoms with Gasteiger partial charge in [0.15, 0.2) is 11.5 Å². The lowest BCUT2D eigenvalue weighted by molar-refractivity contribution is -0.141. The van der Waals surface area contributed by atoms with Crippen LogP contribution in [0, 0.1) is 0 Å². The molecule has 9 nitrogen and oxygen atoms in total. The number of carbonyl (C=O) groups is 2. The van der Waals surface area contributed by atoms with Crippen molar-refractivity contribution in [3.05, 3.63) is 53.6 Å². The first-order valence-electron chi connectivity index (χ1n) is 8.58. The molecule has 0 aliphatic rings. The van der Waals surface area contributed by atoms with Gasteiger partial charge >= 0.3 is 11.9 Å². The molecule has 0 heterocycles. The predicted molar refractivity (Wildman–Crippen MR) is 105 cm³/mol. The lowest BCUT2D eigenvalue weighted by Crippen LogP contribution is -2.30. The van der Waals surface area contributed by atoms with Crippen LogP contribution in [-0.4, -0.2) is 60.7 Å². The maximum absolute atomic E-state index is 10.9. The van der Waals surface area contributed by atoms with E-state index >= 15 is 0 Å². The van der Waals surface area contributed by atoms with Gasteiger partial charge in [0, 0.05) is 5.56 Å². The third kappa shape index (κ3) is 6.73. The van der Waals surface area contributed by atoms with Gasteiger partial charge in [0.25, 0.3) is 0 Å². The molecule has 0 fully saturated rings. The summed E-state index contributed by atoms with van der Waals surface area (Å²) < 4.78 is 16.6. The summed E-state index contributed by atoms with van der Waals surface area (Å²) in [5, 5.41) is 22.6. The SMILES string of the molecule is COc1cc(/C=N\N(CC(=O)O)CC(=O)O)cc(OC)c1OCc1ccccc1. The number of hydrogen-bond donors (Lipinski definition) is 2. The van der Waals surface area contributed by atoms with Gasteiger partial charge in [-0.25, -0.2) is 0 Å². The zero-order valence-corrected chi connectivity index (χ0v) is 16.1. The second kappa shape index (κ2) is 10.5. The van der Waals surface area contributed by atoms with Gasteiger partial charge in [-0.15, -0.1) is 0 Å². The van der Waals surface area contributed by atoms with Crippen LogP contribution in [0.5, 0.6) is 17.2 Å². The number of rotatable bonds is 11. The summed E-state index contributed by atoms with van der Waals surface area (Å²) >= 11 is 0. The largest absolute Gasteiger partial charge is 0.493 e. The minimum absolute atomic E-state index is 0.312. The molecule has 2 N–H and O–H groups in total. The van der Waals surface area contributed by atoms with Crippen LogP contribution in [0.25, 0.3) is 0 Å². The average Bonchev–Trinajstić information content (AvgIpc) is 2.70. The fourth-order valence-corrected chi connectivity index (χ4v) is 2.44. The topological polar surface area (TPSA) is 118 Å². The Kier molecular flexibility index (Phi) is 7.84. The van der Waals surface area contributed by atoms with E-state index in [1.165, 1.54) is 20.4 Å². The quantitative estimate of drug-likeness (QED) is 0.433. The lowest BCUT2D eigenvalue weighted by atomic mass is 10.2. The third-order valence-corrected chi connectivity index (χ3v) is 3.71. The second-order valence-electron chi connectivity index (χ2n) is 5.88. The molecule has 2 aromatic carbocycles. The molecule has 0 amide bonds. The minimum atomic E-state index is -1.19. The van der Waals surface area contributed by atoms with E-state index in [1.807, 2.05) is 30.3 Å². The van der Waals surface area contributed by atoms with Crippen LogP contribution < -0.4 is 14.2 Å². The molecular weight excluding hydrogens is 380 g/mol. The highest BCUT2D eigenvalue weighted by Gasteiger charge is 2.15. The van der Waals surface area contributed by atoms with Crippen molar-refractivity contribution in [2.75, 3.05) is 27.3 Å². The number of benzene rings is 2. The van der Waals surface area contributed by atoms with Gasteiger partial charge in [0.2, 0.25) is 5.75 Å². The molecule has 0 saturated carbocycles. The fourth-order valence-electron chi connectivity index (χ4n) is 2.44. The van der Waals surface area contributed by atoms with Crippen LogP contribution >= 0.6 is 0 Å². The number of hydrazone groups is 1. The molecule has 29 heavy (non-hydrogen) atoms. The first-order valence-corrected chi connectivity index (χ1v) is 8.58. The van der Waals surface area contributed by atoms with E-state index in [4.69, 9.17) is 24.4 Å². The number of aliphatic carboxylic acids is 2. The Hall–Kier alpha value is -3.75. The third-order valence-electron chi connectivity index (χ3n) is 3.71. The Bertz CT molecular complexity index is 827. The molecule has 0 aliphatic carbocycles. The van der Waals surface area contributed by atoms with Crippen LogP contribution in [0.1, 0.15) is 11.1 Å². The molecule has 0 radical (unpaired) electrons. The summed E-state index contributed by atoms with van der Waals surface area (Å²) in [6.45, 7) is -0.781. The van der Waals surface area contributed by atoms with Crippen LogP contribution in [0.4, 0.5) is 0 Å². The Morgan fingerprint density at radius 2 is 1.55 bits per heavy atom. The van der Waals surface area contributed by atoms with E-state index < -0.39 is 25.0 Å². The van der Waals surface area contributed by atoms with Crippen LogP contribution in [0.3, 0.4) is 0 Å². The lowest BCUT2D eigenvalue weighted by Gasteiger charge is -2.16. The molecule has 0 spiro atoms. The summed E-state index contributed by atoms with van der Waals surface area (Å²) in [6, 6.07) is 12.9. The molecule has 0 unspecified atom stereocenters. The van der Waals surface area contributed by atoms with Gasteiger partial charge in [-0.1, -0.05) is 30.3 Å². The minimum Gasteiger partial charge on any atom is -0.493 e. The van der Waals surface area contributed by atoms with Gasteiger partial charge < -0.3 is 24.4 Å². The van der Waals surface area contributed by atoms with Crippen molar-refractivity contribution in [1.29, 1.82) is 0 Å². The van der Waals surface area contributed by atoms with Crippen LogP contribution in [-0.2, 0) is 16.2 Å². The number of ether oxygens (including phenoxy) is 3. The van der Waals surface area contributed by atoms with Crippen molar-refractivity contribution in [3.63, 3.8) is 0 Å². The van der Waals surface area contributed by atoms with Gasteiger partial charge in [-0.3, -0.25) is 14.6 Å². The smallest absolute Gasteiger partial charge is 0.324 e. The van der Waals surface area contributed by atoms with E-state index in [1.54, 1.807) is 12.1 Å². The number of methoxy groups -OCH3 is 2. The summed E-state index contributed by atoms with van der Waals surface area (Å²) in [5.41, 5.74) is 1.49. The number of hydrogen-bond acceptors (Lipinski definition) is 7. The zero-order chi connectivity index (χ0) is 21.2. The normalized spacial score (nSPS) is 10.6. The predicted octanol–water partition coefficient (Wildman–Crippen LogP) is 2.09. The number of carboxylic acid groups (broad SMARTS) is 2. The highest BCUT2D eigenvalue weighted by atomic mass is 16.5. The summed E-state index contributed by atoms with van der Waals surface area (Å²) in [4.78, 5) is 21.7. The highest BCUT2D eigenvalue weighted by molar-refractivity contribution is 5.83. The van der Waals surface area contributed by atoms with Crippen molar-refractivity contribution in [3.8, 4) is 17.2 Å². The number of nitrogens with zero attached hydrogens (tertiary/aromatic N) is 2. The second-order valence-corrected chi connectivity index (χ2v) is 5.88. The zero-order valence-electron chi connectivity index (χ0n) is 16.1. The van der Waals surface area contributed by atoms with Crippen molar-refractivity contribution >= 4 is 18.2 Å².